The number of carbonyl (C=O) groups excluding carboxylic acids is 2. The van der Waals surface area contributed by atoms with Crippen molar-refractivity contribution in [3.8, 4) is 0 Å². The molecule has 0 radical (unpaired) electrons. The van der Waals surface area contributed by atoms with Crippen LogP contribution < -0.4 is 0 Å². The zero-order valence-electron chi connectivity index (χ0n) is 14.3. The fourth-order valence-electron chi connectivity index (χ4n) is 4.12. The molecule has 0 amide bonds. The summed E-state index contributed by atoms with van der Waals surface area (Å²) in [4.78, 5) is 23.6. The second-order valence-corrected chi connectivity index (χ2v) is 6.92. The van der Waals surface area contributed by atoms with Crippen molar-refractivity contribution < 1.29 is 14.7 Å². The van der Waals surface area contributed by atoms with Crippen LogP contribution in [0.4, 0.5) is 0 Å². The monoisotopic (exact) mass is 335 g/mol. The minimum atomic E-state index is -0.483. The Morgan fingerprint density at radius 2 is 1.92 bits per heavy atom. The first-order valence-electron chi connectivity index (χ1n) is 8.79. The summed E-state index contributed by atoms with van der Waals surface area (Å²) in [5.74, 6) is 0.0681. The first-order chi connectivity index (χ1) is 12.1. The van der Waals surface area contributed by atoms with Gasteiger partial charge in [0.25, 0.3) is 0 Å². The standard InChI is InChI=1S/C21H21NO3/c1-13-3-2-4-18-21(13)17-10-5-14(20(25)12-23)11-19(17)22(18)15-6-8-16(24)9-7-15/h2-5,10-11,15,23H,6-9,12H2,1H3. The van der Waals surface area contributed by atoms with Gasteiger partial charge in [-0.2, -0.15) is 0 Å². The van der Waals surface area contributed by atoms with Gasteiger partial charge in [0, 0.05) is 40.7 Å². The maximum atomic E-state index is 12.0. The van der Waals surface area contributed by atoms with Crippen molar-refractivity contribution in [2.45, 2.75) is 38.6 Å². The number of Topliss-reactive ketones (excluding diaryl/α,β-unsaturated/α-hetero) is 2. The number of ketones is 2. The van der Waals surface area contributed by atoms with Crippen LogP contribution in [0.2, 0.25) is 0 Å². The summed E-state index contributed by atoms with van der Waals surface area (Å²) < 4.78 is 2.30. The van der Waals surface area contributed by atoms with E-state index >= 15 is 0 Å². The van der Waals surface area contributed by atoms with E-state index in [9.17, 15) is 14.7 Å². The Labute approximate surface area is 146 Å². The summed E-state index contributed by atoms with van der Waals surface area (Å²) in [6.07, 6.45) is 2.91. The van der Waals surface area contributed by atoms with Gasteiger partial charge >= 0.3 is 0 Å². The maximum Gasteiger partial charge on any atom is 0.188 e. The van der Waals surface area contributed by atoms with E-state index in [0.29, 0.717) is 24.2 Å². The Balaban J connectivity index is 2.00. The number of benzene rings is 2. The van der Waals surface area contributed by atoms with Crippen LogP contribution in [-0.4, -0.2) is 27.8 Å². The molecule has 1 N–H and O–H groups in total. The molecule has 1 aromatic heterocycles. The molecular weight excluding hydrogens is 314 g/mol. The molecule has 1 aliphatic rings. The van der Waals surface area contributed by atoms with Gasteiger partial charge < -0.3 is 9.67 Å². The number of rotatable bonds is 3. The van der Waals surface area contributed by atoms with Gasteiger partial charge in [0.05, 0.1) is 5.52 Å². The van der Waals surface area contributed by atoms with Crippen molar-refractivity contribution in [2.75, 3.05) is 6.61 Å². The first kappa shape index (κ1) is 16.0. The minimum absolute atomic E-state index is 0.263. The number of nitrogens with zero attached hydrogens (tertiary/aromatic N) is 1. The van der Waals surface area contributed by atoms with Crippen molar-refractivity contribution in [3.05, 3.63) is 47.5 Å². The first-order valence-corrected chi connectivity index (χ1v) is 8.79. The molecule has 0 saturated heterocycles. The Bertz CT molecular complexity index is 989. The number of aromatic nitrogens is 1. The van der Waals surface area contributed by atoms with E-state index < -0.39 is 6.61 Å². The lowest BCUT2D eigenvalue weighted by molar-refractivity contribution is -0.120. The highest BCUT2D eigenvalue weighted by molar-refractivity contribution is 6.12. The maximum absolute atomic E-state index is 12.0. The van der Waals surface area contributed by atoms with E-state index in [0.717, 1.165) is 29.3 Å². The smallest absolute Gasteiger partial charge is 0.188 e. The van der Waals surface area contributed by atoms with Gasteiger partial charge in [-0.25, -0.2) is 0 Å². The summed E-state index contributed by atoms with van der Waals surface area (Å²) in [5.41, 5.74) is 3.91. The average molecular weight is 335 g/mol. The predicted octanol–water partition coefficient (Wildman–Crippen LogP) is 3.96. The molecule has 4 heteroatoms. The van der Waals surface area contributed by atoms with Crippen molar-refractivity contribution in [2.24, 2.45) is 0 Å². The number of carbonyl (C=O) groups is 2. The highest BCUT2D eigenvalue weighted by Crippen LogP contribution is 2.38. The second-order valence-electron chi connectivity index (χ2n) is 6.92. The molecular formula is C21H21NO3. The molecule has 4 nitrogen and oxygen atoms in total. The van der Waals surface area contributed by atoms with Crippen molar-refractivity contribution >= 4 is 33.4 Å². The average Bonchev–Trinajstić information content (AvgIpc) is 2.96. The van der Waals surface area contributed by atoms with Crippen molar-refractivity contribution in [1.82, 2.24) is 4.57 Å². The van der Waals surface area contributed by atoms with E-state index in [1.165, 1.54) is 10.9 Å². The predicted molar refractivity (Wildman–Crippen MR) is 98.1 cm³/mol. The van der Waals surface area contributed by atoms with Crippen molar-refractivity contribution in [1.29, 1.82) is 0 Å². The van der Waals surface area contributed by atoms with Crippen LogP contribution in [0.25, 0.3) is 21.8 Å². The Hall–Kier alpha value is -2.46. The minimum Gasteiger partial charge on any atom is -0.388 e. The lowest BCUT2D eigenvalue weighted by atomic mass is 9.94. The van der Waals surface area contributed by atoms with E-state index in [2.05, 4.69) is 29.7 Å². The normalized spacial score (nSPS) is 16.0. The Morgan fingerprint density at radius 1 is 1.16 bits per heavy atom. The fourth-order valence-corrected chi connectivity index (χ4v) is 4.12. The molecule has 3 aromatic rings. The molecule has 0 atom stereocenters. The molecule has 1 heterocycles. The number of fused-ring (bicyclic) bond motifs is 3. The molecule has 1 saturated carbocycles. The molecule has 1 aliphatic carbocycles. The van der Waals surface area contributed by atoms with Gasteiger partial charge in [0.2, 0.25) is 0 Å². The number of aryl methyl sites for hydroxylation is 1. The van der Waals surface area contributed by atoms with Gasteiger partial charge in [-0.3, -0.25) is 9.59 Å². The lowest BCUT2D eigenvalue weighted by Crippen LogP contribution is -2.17. The van der Waals surface area contributed by atoms with Gasteiger partial charge in [-0.05, 0) is 37.5 Å². The molecule has 2 aromatic carbocycles. The molecule has 4 rings (SSSR count). The Morgan fingerprint density at radius 3 is 2.64 bits per heavy atom. The van der Waals surface area contributed by atoms with Gasteiger partial charge in [0.1, 0.15) is 12.4 Å². The third-order valence-electron chi connectivity index (χ3n) is 5.38. The molecule has 1 fully saturated rings. The topological polar surface area (TPSA) is 59.3 Å². The number of hydrogen-bond acceptors (Lipinski definition) is 3. The number of aliphatic hydroxyl groups is 1. The van der Waals surface area contributed by atoms with Crippen LogP contribution in [0, 0.1) is 6.92 Å². The number of hydrogen-bond donors (Lipinski definition) is 1. The summed E-state index contributed by atoms with van der Waals surface area (Å²) in [5, 5.41) is 11.5. The van der Waals surface area contributed by atoms with Gasteiger partial charge in [-0.1, -0.05) is 24.3 Å². The second kappa shape index (κ2) is 6.12. The van der Waals surface area contributed by atoms with Crippen molar-refractivity contribution in [3.63, 3.8) is 0 Å². The molecule has 0 bridgehead atoms. The largest absolute Gasteiger partial charge is 0.388 e. The summed E-state index contributed by atoms with van der Waals surface area (Å²) in [6, 6.07) is 12.2. The van der Waals surface area contributed by atoms with Crippen LogP contribution in [0.15, 0.2) is 36.4 Å². The van der Waals surface area contributed by atoms with E-state index in [1.807, 2.05) is 12.1 Å². The zero-order valence-corrected chi connectivity index (χ0v) is 14.3. The number of aliphatic hydroxyl groups excluding tert-OH is 1. The molecule has 0 aliphatic heterocycles. The van der Waals surface area contributed by atoms with E-state index in [-0.39, 0.29) is 11.8 Å². The van der Waals surface area contributed by atoms with Crippen LogP contribution >= 0.6 is 0 Å². The lowest BCUT2D eigenvalue weighted by Gasteiger charge is -2.25. The third-order valence-corrected chi connectivity index (χ3v) is 5.38. The molecule has 25 heavy (non-hydrogen) atoms. The summed E-state index contributed by atoms with van der Waals surface area (Å²) >= 11 is 0. The summed E-state index contributed by atoms with van der Waals surface area (Å²) in [7, 11) is 0. The Kier molecular flexibility index (Phi) is 3.92. The zero-order chi connectivity index (χ0) is 17.6. The van der Waals surface area contributed by atoms with Crippen LogP contribution in [-0.2, 0) is 4.79 Å². The van der Waals surface area contributed by atoms with Crippen LogP contribution in [0.1, 0.15) is 47.6 Å². The van der Waals surface area contributed by atoms with Crippen LogP contribution in [0.5, 0.6) is 0 Å². The highest BCUT2D eigenvalue weighted by Gasteiger charge is 2.24. The third kappa shape index (κ3) is 2.57. The van der Waals surface area contributed by atoms with Gasteiger partial charge in [-0.15, -0.1) is 0 Å². The SMILES string of the molecule is Cc1cccc2c1c1ccc(C(=O)CO)cc1n2C1CCC(=O)CC1. The molecule has 128 valence electrons. The molecule has 0 unspecified atom stereocenters. The quantitative estimate of drug-likeness (QED) is 0.737. The van der Waals surface area contributed by atoms with E-state index in [1.54, 1.807) is 6.07 Å². The highest BCUT2D eigenvalue weighted by atomic mass is 16.3. The van der Waals surface area contributed by atoms with Gasteiger partial charge in [0.15, 0.2) is 5.78 Å². The molecule has 0 spiro atoms. The fraction of sp³-hybridized carbons (Fsp3) is 0.333. The van der Waals surface area contributed by atoms with E-state index in [4.69, 9.17) is 0 Å². The summed E-state index contributed by atoms with van der Waals surface area (Å²) in [6.45, 7) is 1.62. The van der Waals surface area contributed by atoms with Crippen LogP contribution in [0.3, 0.4) is 0 Å².